The van der Waals surface area contributed by atoms with Crippen LogP contribution in [-0.2, 0) is 28.4 Å². The molecule has 1 saturated carbocycles. The van der Waals surface area contributed by atoms with Gasteiger partial charge >= 0.3 is 24.4 Å². The van der Waals surface area contributed by atoms with Gasteiger partial charge in [-0.1, -0.05) is 13.8 Å². The van der Waals surface area contributed by atoms with Crippen molar-refractivity contribution < 1.29 is 55.6 Å². The Labute approximate surface area is 274 Å². The molecule has 2 aromatic rings. The van der Waals surface area contributed by atoms with Crippen LogP contribution in [0.25, 0.3) is 0 Å². The van der Waals surface area contributed by atoms with E-state index in [0.29, 0.717) is 63.5 Å². The van der Waals surface area contributed by atoms with Crippen LogP contribution in [0.3, 0.4) is 0 Å². The molecule has 16 heteroatoms. The normalized spacial score (nSPS) is 23.4. The Morgan fingerprint density at radius 3 is 1.92 bits per heavy atom. The molecule has 266 valence electrons. The van der Waals surface area contributed by atoms with E-state index in [4.69, 9.17) is 14.6 Å². The maximum Gasteiger partial charge on any atom is 0.416 e. The van der Waals surface area contributed by atoms with Crippen LogP contribution in [0.1, 0.15) is 81.9 Å². The minimum Gasteiger partial charge on any atom is -0.488 e. The van der Waals surface area contributed by atoms with E-state index in [1.165, 1.54) is 12.4 Å². The van der Waals surface area contributed by atoms with Crippen molar-refractivity contribution in [3.8, 4) is 5.75 Å². The fourth-order valence-corrected chi connectivity index (χ4v) is 6.53. The first-order valence-corrected chi connectivity index (χ1v) is 16.0. The highest BCUT2D eigenvalue weighted by Crippen LogP contribution is 2.39. The second kappa shape index (κ2) is 15.6. The first-order chi connectivity index (χ1) is 22.6. The number of hydrogen-bond donors (Lipinski definition) is 2. The number of aliphatic carboxylic acids is 1. The zero-order valence-electron chi connectivity index (χ0n) is 26.6. The van der Waals surface area contributed by atoms with Crippen LogP contribution in [0.5, 0.6) is 5.75 Å². The molecule has 1 amide bonds. The molecule has 0 radical (unpaired) electrons. The van der Waals surface area contributed by atoms with Gasteiger partial charge < -0.3 is 29.5 Å². The Bertz CT molecular complexity index is 1340. The van der Waals surface area contributed by atoms with E-state index in [-0.39, 0.29) is 36.5 Å². The van der Waals surface area contributed by atoms with Crippen molar-refractivity contribution in [3.63, 3.8) is 0 Å². The summed E-state index contributed by atoms with van der Waals surface area (Å²) in [7, 11) is 0. The van der Waals surface area contributed by atoms with E-state index in [1.807, 2.05) is 13.8 Å². The van der Waals surface area contributed by atoms with Gasteiger partial charge in [0.2, 0.25) is 5.95 Å². The van der Waals surface area contributed by atoms with Crippen LogP contribution in [0.15, 0.2) is 30.6 Å². The average Bonchev–Trinajstić information content (AvgIpc) is 3.05. The Kier molecular flexibility index (Phi) is 12.0. The average molecular weight is 691 g/mol. The van der Waals surface area contributed by atoms with Gasteiger partial charge in [-0.3, -0.25) is 4.79 Å². The molecule has 0 spiro atoms. The number of carbonyl (C=O) groups excluding carboxylic acids is 1. The molecule has 1 aliphatic heterocycles. The summed E-state index contributed by atoms with van der Waals surface area (Å²) in [4.78, 5) is 36.7. The summed E-state index contributed by atoms with van der Waals surface area (Å²) < 4.78 is 93.5. The second-order valence-corrected chi connectivity index (χ2v) is 12.2. The van der Waals surface area contributed by atoms with Crippen LogP contribution in [0.2, 0.25) is 0 Å². The molecule has 1 saturated heterocycles. The van der Waals surface area contributed by atoms with Gasteiger partial charge in [0.05, 0.1) is 36.0 Å². The molecule has 1 aromatic heterocycles. The molecule has 0 bridgehead atoms. The van der Waals surface area contributed by atoms with Crippen molar-refractivity contribution in [3.05, 3.63) is 47.3 Å². The molecule has 48 heavy (non-hydrogen) atoms. The molecule has 2 aliphatic rings. The SMILES string of the molecule is CC[C@@H]1C[C@H](N(Cc2cc(C(F)(F)F)cc(C(F)(F)F)c2)c2ncc(OCCO)cn2)C[C@H](CC)N1C(=O)O[C@H]1CC[C@H](C(=O)O)CC1. The summed E-state index contributed by atoms with van der Waals surface area (Å²) in [6.07, 6.45) is -5.21. The van der Waals surface area contributed by atoms with Gasteiger partial charge in [-0.25, -0.2) is 14.8 Å². The molecular formula is C32H40F6N4O6. The number of piperidine rings is 1. The molecule has 4 rings (SSSR count). The molecule has 2 fully saturated rings. The largest absolute Gasteiger partial charge is 0.488 e. The minimum absolute atomic E-state index is 0.0389. The van der Waals surface area contributed by atoms with E-state index >= 15 is 0 Å². The number of carboxylic acid groups (broad SMARTS) is 1. The minimum atomic E-state index is -5.03. The summed E-state index contributed by atoms with van der Waals surface area (Å²) in [5.74, 6) is -1.10. The highest BCUT2D eigenvalue weighted by atomic mass is 19.4. The van der Waals surface area contributed by atoms with Crippen molar-refractivity contribution in [2.24, 2.45) is 5.92 Å². The number of likely N-dealkylation sites (tertiary alicyclic amines) is 1. The maximum atomic E-state index is 13.7. The molecule has 1 aliphatic carbocycles. The summed E-state index contributed by atoms with van der Waals surface area (Å²) in [5, 5.41) is 18.3. The molecule has 1 aromatic carbocycles. The number of anilines is 1. The van der Waals surface area contributed by atoms with E-state index in [9.17, 15) is 41.0 Å². The molecule has 0 unspecified atom stereocenters. The predicted octanol–water partition coefficient (Wildman–Crippen LogP) is 6.69. The quantitative estimate of drug-likeness (QED) is 0.248. The Hall–Kier alpha value is -3.82. The summed E-state index contributed by atoms with van der Waals surface area (Å²) in [6, 6.07) is 0.165. The number of aromatic nitrogens is 2. The van der Waals surface area contributed by atoms with Gasteiger partial charge in [-0.2, -0.15) is 26.3 Å². The topological polar surface area (TPSA) is 125 Å². The Morgan fingerprint density at radius 2 is 1.46 bits per heavy atom. The number of aliphatic hydroxyl groups excluding tert-OH is 1. The van der Waals surface area contributed by atoms with E-state index in [2.05, 4.69) is 9.97 Å². The number of ether oxygens (including phenoxy) is 2. The summed E-state index contributed by atoms with van der Waals surface area (Å²) >= 11 is 0. The summed E-state index contributed by atoms with van der Waals surface area (Å²) in [5.41, 5.74) is -3.12. The molecule has 10 nitrogen and oxygen atoms in total. The monoisotopic (exact) mass is 690 g/mol. The van der Waals surface area contributed by atoms with Gasteiger partial charge in [0.1, 0.15) is 12.7 Å². The first-order valence-electron chi connectivity index (χ1n) is 16.0. The predicted molar refractivity (Wildman–Crippen MR) is 160 cm³/mol. The number of amides is 1. The van der Waals surface area contributed by atoms with Gasteiger partial charge in [-0.15, -0.1) is 0 Å². The lowest BCUT2D eigenvalue weighted by atomic mass is 9.87. The van der Waals surface area contributed by atoms with Crippen molar-refractivity contribution in [2.75, 3.05) is 18.1 Å². The zero-order chi connectivity index (χ0) is 35.2. The molecular weight excluding hydrogens is 650 g/mol. The van der Waals surface area contributed by atoms with Crippen LogP contribution < -0.4 is 9.64 Å². The smallest absolute Gasteiger partial charge is 0.416 e. The van der Waals surface area contributed by atoms with Crippen LogP contribution in [0, 0.1) is 5.92 Å². The number of hydrogen-bond acceptors (Lipinski definition) is 8. The van der Waals surface area contributed by atoms with Gasteiger partial charge in [0.25, 0.3) is 0 Å². The Balaban J connectivity index is 1.64. The fourth-order valence-electron chi connectivity index (χ4n) is 6.53. The highest BCUT2D eigenvalue weighted by Gasteiger charge is 2.42. The maximum absolute atomic E-state index is 13.7. The number of aliphatic hydroxyl groups is 1. The lowest BCUT2D eigenvalue weighted by Crippen LogP contribution is -2.57. The third kappa shape index (κ3) is 9.20. The van der Waals surface area contributed by atoms with Crippen LogP contribution >= 0.6 is 0 Å². The third-order valence-electron chi connectivity index (χ3n) is 8.99. The van der Waals surface area contributed by atoms with Crippen molar-refractivity contribution in [1.29, 1.82) is 0 Å². The van der Waals surface area contributed by atoms with Gasteiger partial charge in [-0.05, 0) is 75.1 Å². The highest BCUT2D eigenvalue weighted by molar-refractivity contribution is 5.70. The molecule has 2 N–H and O–H groups in total. The van der Waals surface area contributed by atoms with E-state index in [1.54, 1.807) is 9.80 Å². The first kappa shape index (κ1) is 37.0. The number of rotatable bonds is 11. The zero-order valence-corrected chi connectivity index (χ0v) is 26.6. The molecule has 2 heterocycles. The van der Waals surface area contributed by atoms with Crippen molar-refractivity contribution in [1.82, 2.24) is 14.9 Å². The van der Waals surface area contributed by atoms with E-state index < -0.39 is 72.2 Å². The van der Waals surface area contributed by atoms with Crippen LogP contribution in [0.4, 0.5) is 37.1 Å². The van der Waals surface area contributed by atoms with E-state index in [0.717, 1.165) is 0 Å². The standard InChI is InChI=1S/C32H40F6N4O6/c1-3-23-14-25(15-24(4-2)42(23)30(46)48-26-7-5-20(6-8-26)28(44)45)41(29-39-16-27(17-40-29)47-10-9-43)18-19-11-21(31(33,34)35)13-22(12-19)32(36,37)38/h11-13,16-17,20,23-26,43H,3-10,14-15,18H2,1-2H3,(H,44,45)/t20-,23-,24+,25+,26-. The summed E-state index contributed by atoms with van der Waals surface area (Å²) in [6.45, 7) is 3.04. The number of nitrogens with zero attached hydrogens (tertiary/aromatic N) is 4. The second-order valence-electron chi connectivity index (χ2n) is 12.2. The van der Waals surface area contributed by atoms with Crippen molar-refractivity contribution >= 4 is 18.0 Å². The fraction of sp³-hybridized carbons (Fsp3) is 0.625. The van der Waals surface area contributed by atoms with Gasteiger partial charge in [0.15, 0.2) is 5.75 Å². The lowest BCUT2D eigenvalue weighted by Gasteiger charge is -2.47. The number of carbonyl (C=O) groups is 2. The number of alkyl halides is 6. The van der Waals surface area contributed by atoms with Crippen molar-refractivity contribution in [2.45, 2.75) is 108 Å². The lowest BCUT2D eigenvalue weighted by molar-refractivity contribution is -0.144. The molecule has 3 atom stereocenters. The van der Waals surface area contributed by atoms with Crippen LogP contribution in [-0.4, -0.2) is 74.6 Å². The number of benzene rings is 1. The number of halogens is 6. The number of carboxylic acids is 1. The third-order valence-corrected chi connectivity index (χ3v) is 8.99. The Morgan fingerprint density at radius 1 is 0.917 bits per heavy atom. The van der Waals surface area contributed by atoms with Gasteiger partial charge in [0, 0.05) is 24.7 Å².